The molecule has 0 aliphatic carbocycles. The van der Waals surface area contributed by atoms with Gasteiger partial charge in [0.05, 0.1) is 17.5 Å². The molecule has 0 unspecified atom stereocenters. The van der Waals surface area contributed by atoms with E-state index < -0.39 is 0 Å². The third kappa shape index (κ3) is 40.0. The number of benzene rings is 10. The van der Waals surface area contributed by atoms with Gasteiger partial charge in [0.15, 0.2) is 0 Å². The van der Waals surface area contributed by atoms with Gasteiger partial charge in [0.2, 0.25) is 0 Å². The molecule has 21 aromatic rings. The molecule has 0 saturated heterocycles. The van der Waals surface area contributed by atoms with Gasteiger partial charge in [-0.05, 0) is 152 Å². The molecule has 0 amide bonds. The zero-order chi connectivity index (χ0) is 96.2. The summed E-state index contributed by atoms with van der Waals surface area (Å²) < 4.78 is 2.52. The fraction of sp³-hybridized carbons (Fsp3) is 0.0750. The Hall–Kier alpha value is -13.5. The van der Waals surface area contributed by atoms with Gasteiger partial charge in [0.25, 0.3) is 11.6 Å². The molecule has 10 aromatic carbocycles. The molecule has 0 aliphatic rings. The van der Waals surface area contributed by atoms with Crippen molar-refractivity contribution in [2.75, 3.05) is 0 Å². The van der Waals surface area contributed by atoms with Crippen molar-refractivity contribution >= 4 is 99.4 Å². The van der Waals surface area contributed by atoms with Crippen molar-refractivity contribution in [3.63, 3.8) is 0 Å². The number of Topliss-reactive ketones (excluding diaryl/α,β-unsaturated/α-hetero) is 4. The van der Waals surface area contributed by atoms with E-state index in [1.165, 1.54) is 84.0 Å². The minimum Gasteiger partial charge on any atom is -3.00 e. The van der Waals surface area contributed by atoms with E-state index in [1.807, 2.05) is 298 Å². The maximum absolute atomic E-state index is 10.1. The molecule has 0 bridgehead atoms. The summed E-state index contributed by atoms with van der Waals surface area (Å²) in [6.45, 7) is 8.73. The maximum Gasteiger partial charge on any atom is 0.297 e. The first kappa shape index (κ1) is 115. The van der Waals surface area contributed by atoms with Crippen LogP contribution >= 0.6 is 22.7 Å². The van der Waals surface area contributed by atoms with Crippen LogP contribution < -0.4 is 0 Å². The normalized spacial score (nSPS) is 9.66. The van der Waals surface area contributed by atoms with Crippen LogP contribution in [0.25, 0.3) is 142 Å². The molecule has 2 N–H and O–H groups in total. The predicted octanol–water partition coefficient (Wildman–Crippen LogP) is 28.0. The summed E-state index contributed by atoms with van der Waals surface area (Å²) in [5.41, 5.74) is 18.7. The van der Waals surface area contributed by atoms with Crippen molar-refractivity contribution in [1.29, 1.82) is 0 Å². The zero-order valence-electron chi connectivity index (χ0n) is 77.9. The van der Waals surface area contributed by atoms with Crippen LogP contribution in [0.3, 0.4) is 0 Å². The number of hydrogen-bond acceptors (Lipinski definition) is 15. The molecule has 15 nitrogen and oxygen atoms in total. The monoisotopic (exact) mass is 2560 g/mol. The Balaban J connectivity index is 0.000000215. The van der Waals surface area contributed by atoms with Crippen LogP contribution in [0.5, 0.6) is 0 Å². The van der Waals surface area contributed by atoms with Gasteiger partial charge in [-0.25, -0.2) is 22.7 Å². The van der Waals surface area contributed by atoms with Gasteiger partial charge in [-0.1, -0.05) is 182 Å². The van der Waals surface area contributed by atoms with Gasteiger partial charge in [-0.3, -0.25) is 38.7 Å². The third-order valence-corrected chi connectivity index (χ3v) is 21.2. The summed E-state index contributed by atoms with van der Waals surface area (Å²) in [6.07, 6.45) is 16.8. The Morgan fingerprint density at radius 1 is 0.255 bits per heavy atom. The van der Waals surface area contributed by atoms with Crippen molar-refractivity contribution in [1.82, 2.24) is 44.9 Å². The smallest absolute Gasteiger partial charge is 0.297 e. The molecular formula is C120H98EuIr3N9O6S2-11. The van der Waals surface area contributed by atoms with Crippen LogP contribution in [0.15, 0.2) is 438 Å². The summed E-state index contributed by atoms with van der Waals surface area (Å²) in [6, 6.07) is 149. The Bertz CT molecular complexity index is 6220. The Kier molecular flexibility index (Phi) is 52.6. The first-order chi connectivity index (χ1) is 67.0. The molecule has 141 heavy (non-hydrogen) atoms. The zero-order valence-corrected chi connectivity index (χ0v) is 89.2. The third-order valence-electron chi connectivity index (χ3n) is 19.0. The quantitative estimate of drug-likeness (QED) is 0.0403. The molecule has 11 aromatic heterocycles. The first-order valence-corrected chi connectivity index (χ1v) is 45.5. The Morgan fingerprint density at radius 2 is 0.489 bits per heavy atom. The fourth-order valence-electron chi connectivity index (χ4n) is 13.1. The average Bonchev–Trinajstić information content (AvgIpc) is 1.48. The molecule has 0 aliphatic heterocycles. The molecule has 0 fully saturated rings. The molecular weight excluding hydrogens is 2460 g/mol. The van der Waals surface area contributed by atoms with E-state index in [0.29, 0.717) is 0 Å². The van der Waals surface area contributed by atoms with E-state index >= 15 is 0 Å². The Labute approximate surface area is 913 Å². The summed E-state index contributed by atoms with van der Waals surface area (Å²) in [7, 11) is 0. The van der Waals surface area contributed by atoms with E-state index in [-0.39, 0.29) is 164 Å². The number of carbonyl (C=O) groups is 4. The number of rotatable bonds is 15. The second kappa shape index (κ2) is 64.7. The number of hydrogen-bond donors (Lipinski definition) is 0. The number of carbonyl (C=O) groups excluding carboxylic acids is 6. The van der Waals surface area contributed by atoms with Crippen LogP contribution in [-0.2, 0) is 79.5 Å². The second-order valence-electron chi connectivity index (χ2n) is 30.1. The van der Waals surface area contributed by atoms with Gasteiger partial charge >= 0.3 is 0 Å². The van der Waals surface area contributed by atoms with Gasteiger partial charge in [0, 0.05) is 161 Å². The summed E-state index contributed by atoms with van der Waals surface area (Å²) in [4.78, 5) is 98.3. The van der Waals surface area contributed by atoms with E-state index in [1.54, 1.807) is 53.7 Å². The van der Waals surface area contributed by atoms with E-state index in [4.69, 9.17) is 9.59 Å². The average molecular weight is 2550 g/mol. The van der Waals surface area contributed by atoms with Crippen molar-refractivity contribution < 1.29 is 138 Å². The number of thiophene rings is 2. The van der Waals surface area contributed by atoms with Crippen LogP contribution in [0.2, 0.25) is 0 Å². The molecule has 716 valence electrons. The maximum atomic E-state index is 10.1. The molecule has 0 atom stereocenters. The van der Waals surface area contributed by atoms with Crippen molar-refractivity contribution in [3.05, 3.63) is 480 Å². The van der Waals surface area contributed by atoms with E-state index in [0.717, 1.165) is 99.2 Å². The molecule has 0 saturated carbocycles. The standard InChI is InChI=1S/C24H16N2.2C13H8NS.5C11H8N.3C5H8O2.Eu.3Ir/c1-3-7-17(8-4-1)19-13-15-25-23-21(19)11-12-22-20(14-16-26-24(22)23)18-9-5-2-6-10-18;2*1-2-7-12-10(5-1)9-13(15-12)11-6-3-4-8-14-11;5*1-2-6-10(7-3-1)11-8-4-5-9-12-11;3*1-4(6)3-5(2)7;;;;/h1-16H;2*1-8H;5*1-6,8-9H;3*3H2,1-2H3;;;;/q;7*-1;;;;;;2*-3/p+2. The number of nitrogens with zero attached hydrogens (tertiary/aromatic N) is 9. The molecule has 21 rings (SSSR count). The molecule has 2 radical (unpaired) electrons. The number of pyridine rings is 9. The minimum atomic E-state index is -0.0625. The minimum absolute atomic E-state index is 0. The number of fused-ring (bicyclic) bond motifs is 5. The van der Waals surface area contributed by atoms with Gasteiger partial charge in [-0.2, -0.15) is 0 Å². The first-order valence-electron chi connectivity index (χ1n) is 43.8. The summed E-state index contributed by atoms with van der Waals surface area (Å²) >= 11 is 3.46. The topological polar surface area (TPSA) is 227 Å². The summed E-state index contributed by atoms with van der Waals surface area (Å²) in [5.74, 6) is 0.250. The predicted molar refractivity (Wildman–Crippen MR) is 560 cm³/mol. The SMILES string of the molecule is CC(=O)CC(C)=O.CC(=O)CC(C)=[OH+].CC(=O)CC(C)=[OH+].[Eu].[Ir-3].[Ir-3].[Ir].[c-]1c(-c2ccccn2)sc2ccccc12.[c-]1c(-c2ccccn2)sc2ccccc12.[c-]1ccccc1-c1ccccn1.[c-]1ccccc1-c1ccccn1.[c-]1ccccc1-c1ccccn1.[c-]1ccccc1-c1ccccn1.[c-]1ccccc1-c1ccccn1.c1ccc(-c2ccnc3c2ccc2c(-c4ccccc4)ccnc23)cc1. The van der Waals surface area contributed by atoms with E-state index in [9.17, 15) is 19.2 Å². The van der Waals surface area contributed by atoms with Crippen molar-refractivity contribution in [2.45, 2.75) is 60.8 Å². The van der Waals surface area contributed by atoms with Crippen LogP contribution in [0, 0.1) is 91.8 Å². The van der Waals surface area contributed by atoms with Crippen LogP contribution in [-0.4, -0.2) is 89.1 Å². The number of ketones is 6. The molecule has 11 heterocycles. The number of aromatic nitrogens is 9. The van der Waals surface area contributed by atoms with Crippen molar-refractivity contribution in [2.24, 2.45) is 0 Å². The molecule has 0 spiro atoms. The second-order valence-corrected chi connectivity index (χ2v) is 32.2. The largest absolute Gasteiger partial charge is 3.00 e. The van der Waals surface area contributed by atoms with Gasteiger partial charge in [-0.15, -0.1) is 227 Å². The Morgan fingerprint density at radius 3 is 0.695 bits per heavy atom. The van der Waals surface area contributed by atoms with Gasteiger partial charge in [0.1, 0.15) is 36.0 Å². The van der Waals surface area contributed by atoms with Crippen LogP contribution in [0.1, 0.15) is 60.8 Å². The van der Waals surface area contributed by atoms with Crippen LogP contribution in [0.4, 0.5) is 0 Å². The van der Waals surface area contributed by atoms with Gasteiger partial charge < -0.3 is 75.1 Å². The van der Waals surface area contributed by atoms with E-state index in [2.05, 4.69) is 197 Å². The fourth-order valence-corrected chi connectivity index (χ4v) is 15.0. The summed E-state index contributed by atoms with van der Waals surface area (Å²) in [5, 5.41) is 4.60. The van der Waals surface area contributed by atoms with Crippen molar-refractivity contribution in [3.8, 4) is 99.7 Å². The molecule has 21 heteroatoms.